The standard InChI is InChI=1S/C13H20N4O4/c1-16-5-2-10(15-16)8-14-13(20)17-6-3-11(4-7-17)21-9-12(18)19/h2,5,11H,3-4,6-9H2,1H3,(H,14,20)(H,18,19). The van der Waals surface area contributed by atoms with E-state index < -0.39 is 5.97 Å². The van der Waals surface area contributed by atoms with Crippen LogP contribution in [0.25, 0.3) is 0 Å². The number of amides is 2. The summed E-state index contributed by atoms with van der Waals surface area (Å²) in [7, 11) is 1.83. The van der Waals surface area contributed by atoms with Crippen LogP contribution in [0.2, 0.25) is 0 Å². The molecular weight excluding hydrogens is 276 g/mol. The number of carboxylic acids is 1. The SMILES string of the molecule is Cn1ccc(CNC(=O)N2CCC(OCC(=O)O)CC2)n1. The van der Waals surface area contributed by atoms with Crippen molar-refractivity contribution < 1.29 is 19.4 Å². The average Bonchev–Trinajstić information content (AvgIpc) is 2.89. The highest BCUT2D eigenvalue weighted by molar-refractivity contribution is 5.74. The number of piperidine rings is 1. The monoisotopic (exact) mass is 296 g/mol. The molecule has 0 spiro atoms. The smallest absolute Gasteiger partial charge is 0.329 e. The van der Waals surface area contributed by atoms with Gasteiger partial charge in [0, 0.05) is 26.3 Å². The number of carboxylic acid groups (broad SMARTS) is 1. The van der Waals surface area contributed by atoms with E-state index in [1.54, 1.807) is 9.58 Å². The highest BCUT2D eigenvalue weighted by atomic mass is 16.5. The van der Waals surface area contributed by atoms with E-state index >= 15 is 0 Å². The molecule has 0 unspecified atom stereocenters. The number of hydrogen-bond donors (Lipinski definition) is 2. The fourth-order valence-corrected chi connectivity index (χ4v) is 2.25. The number of ether oxygens (including phenoxy) is 1. The minimum absolute atomic E-state index is 0.0825. The first-order valence-electron chi connectivity index (χ1n) is 6.89. The number of urea groups is 1. The molecule has 2 N–H and O–H groups in total. The highest BCUT2D eigenvalue weighted by Crippen LogP contribution is 2.13. The molecule has 1 aliphatic heterocycles. The molecule has 1 saturated heterocycles. The first kappa shape index (κ1) is 15.3. The van der Waals surface area contributed by atoms with Gasteiger partial charge >= 0.3 is 12.0 Å². The number of carbonyl (C=O) groups is 2. The third-order valence-corrected chi connectivity index (χ3v) is 3.36. The largest absolute Gasteiger partial charge is 0.480 e. The van der Waals surface area contributed by atoms with Gasteiger partial charge in [-0.3, -0.25) is 4.68 Å². The summed E-state index contributed by atoms with van der Waals surface area (Å²) in [5, 5.41) is 15.6. The Hall–Kier alpha value is -2.09. The van der Waals surface area contributed by atoms with Crippen LogP contribution >= 0.6 is 0 Å². The van der Waals surface area contributed by atoms with Crippen molar-refractivity contribution in [3.8, 4) is 0 Å². The second-order valence-electron chi connectivity index (χ2n) is 5.03. The number of carbonyl (C=O) groups excluding carboxylic acids is 1. The van der Waals surface area contributed by atoms with Gasteiger partial charge in [-0.1, -0.05) is 0 Å². The molecule has 21 heavy (non-hydrogen) atoms. The van der Waals surface area contributed by atoms with Crippen molar-refractivity contribution in [2.45, 2.75) is 25.5 Å². The van der Waals surface area contributed by atoms with Crippen LogP contribution in [0.3, 0.4) is 0 Å². The fourth-order valence-electron chi connectivity index (χ4n) is 2.25. The number of aliphatic carboxylic acids is 1. The Labute approximate surface area is 122 Å². The third-order valence-electron chi connectivity index (χ3n) is 3.36. The number of likely N-dealkylation sites (tertiary alicyclic amines) is 1. The predicted molar refractivity (Wildman–Crippen MR) is 73.6 cm³/mol. The maximum Gasteiger partial charge on any atom is 0.329 e. The Morgan fingerprint density at radius 3 is 2.76 bits per heavy atom. The normalized spacial score (nSPS) is 16.0. The summed E-state index contributed by atoms with van der Waals surface area (Å²) < 4.78 is 6.92. The lowest BCUT2D eigenvalue weighted by Crippen LogP contribution is -2.46. The molecule has 1 aromatic heterocycles. The second kappa shape index (κ2) is 7.07. The van der Waals surface area contributed by atoms with Crippen molar-refractivity contribution in [1.82, 2.24) is 20.0 Å². The van der Waals surface area contributed by atoms with Gasteiger partial charge in [0.05, 0.1) is 18.3 Å². The number of hydrogen-bond acceptors (Lipinski definition) is 4. The minimum atomic E-state index is -0.967. The first-order chi connectivity index (χ1) is 10.0. The maximum atomic E-state index is 12.0. The van der Waals surface area contributed by atoms with E-state index in [4.69, 9.17) is 9.84 Å². The topological polar surface area (TPSA) is 96.7 Å². The van der Waals surface area contributed by atoms with Gasteiger partial charge < -0.3 is 20.1 Å². The van der Waals surface area contributed by atoms with Crippen LogP contribution in [0.1, 0.15) is 18.5 Å². The van der Waals surface area contributed by atoms with Gasteiger partial charge in [0.2, 0.25) is 0 Å². The number of aromatic nitrogens is 2. The molecule has 0 saturated carbocycles. The fraction of sp³-hybridized carbons (Fsp3) is 0.615. The van der Waals surface area contributed by atoms with E-state index in [-0.39, 0.29) is 18.7 Å². The van der Waals surface area contributed by atoms with Crippen LogP contribution < -0.4 is 5.32 Å². The molecule has 0 atom stereocenters. The zero-order valence-corrected chi connectivity index (χ0v) is 12.0. The molecule has 2 heterocycles. The van der Waals surface area contributed by atoms with Gasteiger partial charge in [0.1, 0.15) is 6.61 Å². The Bertz CT molecular complexity index is 494. The summed E-state index contributed by atoms with van der Waals surface area (Å²) in [5.74, 6) is -0.967. The van der Waals surface area contributed by atoms with E-state index in [2.05, 4.69) is 10.4 Å². The average molecular weight is 296 g/mol. The lowest BCUT2D eigenvalue weighted by Gasteiger charge is -2.31. The predicted octanol–water partition coefficient (Wildman–Crippen LogP) is 0.195. The Morgan fingerprint density at radius 2 is 2.19 bits per heavy atom. The van der Waals surface area contributed by atoms with Crippen LogP contribution in [0.15, 0.2) is 12.3 Å². The molecule has 0 radical (unpaired) electrons. The van der Waals surface area contributed by atoms with Gasteiger partial charge in [-0.05, 0) is 18.9 Å². The summed E-state index contributed by atoms with van der Waals surface area (Å²) in [4.78, 5) is 24.1. The van der Waals surface area contributed by atoms with Gasteiger partial charge in [-0.15, -0.1) is 0 Å². The molecule has 8 nitrogen and oxygen atoms in total. The molecule has 1 aromatic rings. The Balaban J connectivity index is 1.69. The van der Waals surface area contributed by atoms with Crippen LogP contribution in [-0.2, 0) is 23.1 Å². The van der Waals surface area contributed by atoms with Gasteiger partial charge in [0.25, 0.3) is 0 Å². The molecule has 1 fully saturated rings. The van der Waals surface area contributed by atoms with Gasteiger partial charge in [-0.2, -0.15) is 5.10 Å². The maximum absolute atomic E-state index is 12.0. The van der Waals surface area contributed by atoms with E-state index in [9.17, 15) is 9.59 Å². The Kier molecular flexibility index (Phi) is 5.15. The van der Waals surface area contributed by atoms with Crippen LogP contribution in [-0.4, -0.2) is 57.6 Å². The lowest BCUT2D eigenvalue weighted by molar-refractivity contribution is -0.145. The van der Waals surface area contributed by atoms with Gasteiger partial charge in [0.15, 0.2) is 0 Å². The molecule has 2 amide bonds. The van der Waals surface area contributed by atoms with Gasteiger partial charge in [-0.25, -0.2) is 9.59 Å². The number of rotatable bonds is 5. The second-order valence-corrected chi connectivity index (χ2v) is 5.03. The van der Waals surface area contributed by atoms with Crippen LogP contribution in [0.5, 0.6) is 0 Å². The molecule has 0 aliphatic carbocycles. The zero-order valence-electron chi connectivity index (χ0n) is 12.0. The summed E-state index contributed by atoms with van der Waals surface area (Å²) in [6.45, 7) is 1.25. The van der Waals surface area contributed by atoms with E-state index in [1.807, 2.05) is 19.3 Å². The van der Waals surface area contributed by atoms with Crippen LogP contribution in [0, 0.1) is 0 Å². The number of nitrogens with one attached hydrogen (secondary N) is 1. The van der Waals surface area contributed by atoms with E-state index in [1.165, 1.54) is 0 Å². The third kappa shape index (κ3) is 4.75. The Morgan fingerprint density at radius 1 is 1.48 bits per heavy atom. The van der Waals surface area contributed by atoms with Crippen molar-refractivity contribution in [2.75, 3.05) is 19.7 Å². The zero-order chi connectivity index (χ0) is 15.2. The van der Waals surface area contributed by atoms with Crippen molar-refractivity contribution >= 4 is 12.0 Å². The first-order valence-corrected chi connectivity index (χ1v) is 6.89. The highest BCUT2D eigenvalue weighted by Gasteiger charge is 2.23. The molecule has 0 aromatic carbocycles. The van der Waals surface area contributed by atoms with E-state index in [0.29, 0.717) is 32.5 Å². The molecular formula is C13H20N4O4. The van der Waals surface area contributed by atoms with Crippen molar-refractivity contribution in [3.63, 3.8) is 0 Å². The molecule has 1 aliphatic rings. The lowest BCUT2D eigenvalue weighted by atomic mass is 10.1. The number of aryl methyl sites for hydroxylation is 1. The quantitative estimate of drug-likeness (QED) is 0.809. The molecule has 2 rings (SSSR count). The van der Waals surface area contributed by atoms with Crippen molar-refractivity contribution in [3.05, 3.63) is 18.0 Å². The van der Waals surface area contributed by atoms with Crippen molar-refractivity contribution in [1.29, 1.82) is 0 Å². The minimum Gasteiger partial charge on any atom is -0.480 e. The van der Waals surface area contributed by atoms with E-state index in [0.717, 1.165) is 5.69 Å². The molecule has 8 heteroatoms. The van der Waals surface area contributed by atoms with Crippen molar-refractivity contribution in [2.24, 2.45) is 7.05 Å². The summed E-state index contributed by atoms with van der Waals surface area (Å²) in [6.07, 6.45) is 3.06. The summed E-state index contributed by atoms with van der Waals surface area (Å²) >= 11 is 0. The molecule has 0 bridgehead atoms. The van der Waals surface area contributed by atoms with Crippen LogP contribution in [0.4, 0.5) is 4.79 Å². The summed E-state index contributed by atoms with van der Waals surface area (Å²) in [6, 6.07) is 1.73. The summed E-state index contributed by atoms with van der Waals surface area (Å²) in [5.41, 5.74) is 0.811. The molecule has 116 valence electrons. The number of nitrogens with zero attached hydrogens (tertiary/aromatic N) is 3.